The number of anilines is 1. The van der Waals surface area contributed by atoms with Crippen molar-refractivity contribution < 1.29 is 24.2 Å². The molecule has 3 amide bonds. The highest BCUT2D eigenvalue weighted by Gasteiger charge is 2.19. The minimum absolute atomic E-state index is 0.125. The molecule has 39 heavy (non-hydrogen) atoms. The van der Waals surface area contributed by atoms with Crippen LogP contribution in [0.4, 0.5) is 10.5 Å². The summed E-state index contributed by atoms with van der Waals surface area (Å²) in [5.41, 5.74) is 0.556. The predicted molar refractivity (Wildman–Crippen MR) is 146 cm³/mol. The number of carboxylic acid groups (broad SMARTS) is 1. The van der Waals surface area contributed by atoms with Gasteiger partial charge in [0, 0.05) is 23.6 Å². The maximum absolute atomic E-state index is 13.1. The van der Waals surface area contributed by atoms with Crippen LogP contribution in [0.5, 0.6) is 5.88 Å². The second-order valence-corrected chi connectivity index (χ2v) is 8.82. The minimum Gasteiger partial charge on any atom is -0.481 e. The van der Waals surface area contributed by atoms with Crippen molar-refractivity contribution in [1.82, 2.24) is 20.6 Å². The standard InChI is InChI=1S/C27H24ClN5O6/c1-39-22-10-8-16-13-18(26(36)33-23(16)32-22)25(35)31-21-14-17(7-9-19(21)28)24(34)30-20(11-12-29-27(37)38)15-5-3-2-4-6-15/h2-10,13-14,20,29H,11-12H2,1H3,(H,30,34)(H,31,35)(H,37,38)(H,32,33,36). The van der Waals surface area contributed by atoms with Crippen molar-refractivity contribution in [2.24, 2.45) is 0 Å². The Labute approximate surface area is 227 Å². The Kier molecular flexibility index (Phi) is 8.42. The van der Waals surface area contributed by atoms with Crippen LogP contribution in [0.3, 0.4) is 0 Å². The van der Waals surface area contributed by atoms with Crippen LogP contribution in [-0.2, 0) is 0 Å². The number of hydrogen-bond donors (Lipinski definition) is 5. The molecule has 11 nitrogen and oxygen atoms in total. The number of benzene rings is 2. The van der Waals surface area contributed by atoms with Gasteiger partial charge in [-0.1, -0.05) is 41.9 Å². The van der Waals surface area contributed by atoms with Crippen molar-refractivity contribution in [2.75, 3.05) is 19.0 Å². The molecular weight excluding hydrogens is 526 g/mol. The molecule has 0 aliphatic heterocycles. The second kappa shape index (κ2) is 12.1. The number of carbonyl (C=O) groups is 3. The van der Waals surface area contributed by atoms with Crippen LogP contribution in [0.1, 0.15) is 38.7 Å². The quantitative estimate of drug-likeness (QED) is 0.211. The first-order valence-corrected chi connectivity index (χ1v) is 12.1. The molecule has 2 aromatic carbocycles. The lowest BCUT2D eigenvalue weighted by atomic mass is 10.0. The summed E-state index contributed by atoms with van der Waals surface area (Å²) in [5, 5.41) is 17.3. The van der Waals surface area contributed by atoms with Crippen LogP contribution in [0.25, 0.3) is 11.0 Å². The first-order chi connectivity index (χ1) is 18.7. The van der Waals surface area contributed by atoms with Gasteiger partial charge >= 0.3 is 6.09 Å². The summed E-state index contributed by atoms with van der Waals surface area (Å²) in [6.45, 7) is 0.125. The Balaban J connectivity index is 1.54. The smallest absolute Gasteiger partial charge is 0.404 e. The molecule has 1 atom stereocenters. The average Bonchev–Trinajstić information content (AvgIpc) is 2.93. The molecule has 0 saturated carbocycles. The molecule has 5 N–H and O–H groups in total. The van der Waals surface area contributed by atoms with Gasteiger partial charge < -0.3 is 30.8 Å². The molecule has 0 saturated heterocycles. The molecule has 0 bridgehead atoms. The summed E-state index contributed by atoms with van der Waals surface area (Å²) >= 11 is 6.28. The molecule has 12 heteroatoms. The van der Waals surface area contributed by atoms with Crippen LogP contribution in [0.15, 0.2) is 71.5 Å². The zero-order chi connectivity index (χ0) is 27.9. The van der Waals surface area contributed by atoms with E-state index in [1.807, 2.05) is 30.3 Å². The molecule has 4 rings (SSSR count). The fourth-order valence-electron chi connectivity index (χ4n) is 3.87. The number of ether oxygens (including phenoxy) is 1. The Morgan fingerprint density at radius 2 is 1.82 bits per heavy atom. The third kappa shape index (κ3) is 6.70. The highest BCUT2D eigenvalue weighted by atomic mass is 35.5. The summed E-state index contributed by atoms with van der Waals surface area (Å²) in [6.07, 6.45) is -0.850. The van der Waals surface area contributed by atoms with Crippen molar-refractivity contribution in [3.8, 4) is 5.88 Å². The fraction of sp³-hybridized carbons (Fsp3) is 0.148. The van der Waals surface area contributed by atoms with E-state index < -0.39 is 29.5 Å². The first kappa shape index (κ1) is 27.1. The summed E-state index contributed by atoms with van der Waals surface area (Å²) in [4.78, 5) is 56.2. The molecule has 0 radical (unpaired) electrons. The van der Waals surface area contributed by atoms with Crippen molar-refractivity contribution in [1.29, 1.82) is 0 Å². The van der Waals surface area contributed by atoms with Crippen LogP contribution in [0.2, 0.25) is 5.02 Å². The lowest BCUT2D eigenvalue weighted by Gasteiger charge is -2.20. The van der Waals surface area contributed by atoms with E-state index in [1.54, 1.807) is 12.1 Å². The lowest BCUT2D eigenvalue weighted by molar-refractivity contribution is 0.0933. The number of nitrogens with zero attached hydrogens (tertiary/aromatic N) is 1. The molecular formula is C27H24ClN5O6. The Morgan fingerprint density at radius 1 is 1.05 bits per heavy atom. The summed E-state index contributed by atoms with van der Waals surface area (Å²) in [5.74, 6) is -0.880. The molecule has 0 spiro atoms. The molecule has 4 aromatic rings. The van der Waals surface area contributed by atoms with E-state index >= 15 is 0 Å². The zero-order valence-electron chi connectivity index (χ0n) is 20.7. The third-order valence-electron chi connectivity index (χ3n) is 5.82. The van der Waals surface area contributed by atoms with Crippen LogP contribution in [0, 0.1) is 0 Å². The normalized spacial score (nSPS) is 11.4. The number of nitrogens with one attached hydrogen (secondary N) is 4. The van der Waals surface area contributed by atoms with Gasteiger partial charge in [0.15, 0.2) is 0 Å². The van der Waals surface area contributed by atoms with Crippen molar-refractivity contribution in [3.05, 3.63) is 98.8 Å². The number of halogens is 1. The van der Waals surface area contributed by atoms with E-state index in [4.69, 9.17) is 21.4 Å². The van der Waals surface area contributed by atoms with Gasteiger partial charge in [-0.05, 0) is 42.3 Å². The SMILES string of the molecule is COc1ccc2cc(C(=O)Nc3cc(C(=O)NC(CCNC(=O)O)c4ccccc4)ccc3Cl)c(=O)[nH]c2n1. The molecule has 0 aliphatic rings. The Morgan fingerprint density at radius 3 is 2.54 bits per heavy atom. The molecule has 0 aliphatic carbocycles. The predicted octanol–water partition coefficient (Wildman–Crippen LogP) is 3.97. The minimum atomic E-state index is -1.16. The summed E-state index contributed by atoms with van der Waals surface area (Å²) in [6, 6.07) is 17.6. The van der Waals surface area contributed by atoms with Gasteiger partial charge in [-0.15, -0.1) is 0 Å². The maximum atomic E-state index is 13.1. The second-order valence-electron chi connectivity index (χ2n) is 8.41. The number of H-pyrrole nitrogens is 1. The van der Waals surface area contributed by atoms with Crippen molar-refractivity contribution >= 4 is 46.2 Å². The number of rotatable bonds is 9. The molecule has 2 heterocycles. The number of aromatic nitrogens is 2. The van der Waals surface area contributed by atoms with Gasteiger partial charge in [-0.3, -0.25) is 14.4 Å². The summed E-state index contributed by atoms with van der Waals surface area (Å²) < 4.78 is 5.05. The van der Waals surface area contributed by atoms with Gasteiger partial charge in [0.05, 0.1) is 23.9 Å². The molecule has 200 valence electrons. The summed E-state index contributed by atoms with van der Waals surface area (Å²) in [7, 11) is 1.45. The number of aromatic amines is 1. The van der Waals surface area contributed by atoms with E-state index in [0.29, 0.717) is 17.7 Å². The molecule has 1 unspecified atom stereocenters. The number of fused-ring (bicyclic) bond motifs is 1. The molecule has 2 aromatic heterocycles. The van der Waals surface area contributed by atoms with E-state index in [2.05, 4.69) is 25.9 Å². The first-order valence-electron chi connectivity index (χ1n) is 11.8. The maximum Gasteiger partial charge on any atom is 0.404 e. The Hall–Kier alpha value is -4.90. The number of amides is 3. The van der Waals surface area contributed by atoms with Gasteiger partial charge in [0.2, 0.25) is 5.88 Å². The molecule has 0 fully saturated rings. The highest BCUT2D eigenvalue weighted by molar-refractivity contribution is 6.34. The van der Waals surface area contributed by atoms with E-state index in [9.17, 15) is 19.2 Å². The topological polar surface area (TPSA) is 163 Å². The monoisotopic (exact) mass is 549 g/mol. The number of hydrogen-bond acceptors (Lipinski definition) is 6. The van der Waals surface area contributed by atoms with Crippen molar-refractivity contribution in [2.45, 2.75) is 12.5 Å². The third-order valence-corrected chi connectivity index (χ3v) is 6.15. The zero-order valence-corrected chi connectivity index (χ0v) is 21.4. The highest BCUT2D eigenvalue weighted by Crippen LogP contribution is 2.25. The van der Waals surface area contributed by atoms with E-state index in [1.165, 1.54) is 31.4 Å². The Bertz CT molecular complexity index is 1590. The fourth-order valence-corrected chi connectivity index (χ4v) is 4.04. The van der Waals surface area contributed by atoms with Gasteiger partial charge in [0.1, 0.15) is 11.2 Å². The number of carbonyl (C=O) groups excluding carboxylic acids is 2. The number of methoxy groups -OCH3 is 1. The van der Waals surface area contributed by atoms with Crippen LogP contribution < -0.4 is 26.2 Å². The van der Waals surface area contributed by atoms with E-state index in [-0.39, 0.29) is 34.0 Å². The van der Waals surface area contributed by atoms with E-state index in [0.717, 1.165) is 5.56 Å². The van der Waals surface area contributed by atoms with Crippen LogP contribution in [-0.4, -0.2) is 46.6 Å². The average molecular weight is 550 g/mol. The lowest BCUT2D eigenvalue weighted by Crippen LogP contribution is -2.32. The largest absolute Gasteiger partial charge is 0.481 e. The van der Waals surface area contributed by atoms with Gasteiger partial charge in [0.25, 0.3) is 17.4 Å². The van der Waals surface area contributed by atoms with Gasteiger partial charge in [-0.25, -0.2) is 4.79 Å². The number of pyridine rings is 2. The van der Waals surface area contributed by atoms with Gasteiger partial charge in [-0.2, -0.15) is 4.98 Å². The van der Waals surface area contributed by atoms with Crippen LogP contribution >= 0.6 is 11.6 Å². The van der Waals surface area contributed by atoms with Crippen molar-refractivity contribution in [3.63, 3.8) is 0 Å².